The third-order valence-corrected chi connectivity index (χ3v) is 5.11. The number of hydrogen-bond acceptors (Lipinski definition) is 2. The Labute approximate surface area is 104 Å². The van der Waals surface area contributed by atoms with Gasteiger partial charge < -0.3 is 10.6 Å². The van der Waals surface area contributed by atoms with Gasteiger partial charge >= 0.3 is 0 Å². The smallest absolute Gasteiger partial charge is 0.223 e. The molecule has 1 saturated heterocycles. The lowest BCUT2D eigenvalue weighted by Gasteiger charge is -2.34. The molecule has 0 aromatic rings. The van der Waals surface area contributed by atoms with Crippen molar-refractivity contribution in [2.75, 3.05) is 19.6 Å². The Morgan fingerprint density at radius 3 is 2.53 bits per heavy atom. The standard InChI is InChI=1S/C14H24N2O/c1-14(2-4-15-5-3-14)9-16-13(17)12-7-10-6-11(10)8-12/h10-12,15H,2-9H2,1H3,(H,16,17). The van der Waals surface area contributed by atoms with E-state index in [2.05, 4.69) is 17.6 Å². The Kier molecular flexibility index (Phi) is 2.89. The molecule has 96 valence electrons. The summed E-state index contributed by atoms with van der Waals surface area (Å²) in [6.45, 7) is 5.37. The van der Waals surface area contributed by atoms with E-state index in [1.807, 2.05) is 0 Å². The maximum absolute atomic E-state index is 12.1. The highest BCUT2D eigenvalue weighted by atomic mass is 16.1. The normalized spacial score (nSPS) is 38.5. The average Bonchev–Trinajstić information content (AvgIpc) is 2.94. The fourth-order valence-corrected chi connectivity index (χ4v) is 3.58. The van der Waals surface area contributed by atoms with Crippen molar-refractivity contribution < 1.29 is 4.79 Å². The molecule has 2 N–H and O–H groups in total. The van der Waals surface area contributed by atoms with Crippen molar-refractivity contribution in [3.05, 3.63) is 0 Å². The Hall–Kier alpha value is -0.570. The summed E-state index contributed by atoms with van der Waals surface area (Å²) in [5, 5.41) is 6.59. The van der Waals surface area contributed by atoms with Crippen molar-refractivity contribution in [1.29, 1.82) is 0 Å². The molecule has 0 radical (unpaired) electrons. The van der Waals surface area contributed by atoms with E-state index in [1.165, 1.54) is 19.3 Å². The van der Waals surface area contributed by atoms with Gasteiger partial charge in [-0.15, -0.1) is 0 Å². The zero-order valence-corrected chi connectivity index (χ0v) is 10.8. The molecule has 0 aromatic heterocycles. The van der Waals surface area contributed by atoms with Gasteiger partial charge in [0, 0.05) is 12.5 Å². The molecule has 0 bridgehead atoms. The molecule has 3 fully saturated rings. The van der Waals surface area contributed by atoms with Gasteiger partial charge in [0.25, 0.3) is 0 Å². The van der Waals surface area contributed by atoms with E-state index < -0.39 is 0 Å². The van der Waals surface area contributed by atoms with Crippen molar-refractivity contribution in [1.82, 2.24) is 10.6 Å². The lowest BCUT2D eigenvalue weighted by molar-refractivity contribution is -0.125. The third kappa shape index (κ3) is 2.49. The van der Waals surface area contributed by atoms with Crippen LogP contribution in [-0.4, -0.2) is 25.5 Å². The number of carbonyl (C=O) groups excluding carboxylic acids is 1. The molecule has 0 aromatic carbocycles. The van der Waals surface area contributed by atoms with Crippen LogP contribution in [0.25, 0.3) is 0 Å². The molecule has 2 atom stereocenters. The number of rotatable bonds is 3. The van der Waals surface area contributed by atoms with Crippen LogP contribution in [0.1, 0.15) is 39.0 Å². The minimum Gasteiger partial charge on any atom is -0.355 e. The molecule has 1 amide bonds. The first kappa shape index (κ1) is 11.5. The first-order valence-electron chi connectivity index (χ1n) is 7.15. The molecule has 17 heavy (non-hydrogen) atoms. The number of nitrogens with one attached hydrogen (secondary N) is 2. The fraction of sp³-hybridized carbons (Fsp3) is 0.929. The molecular weight excluding hydrogens is 212 g/mol. The lowest BCUT2D eigenvalue weighted by Crippen LogP contribution is -2.44. The van der Waals surface area contributed by atoms with Crippen LogP contribution in [0.2, 0.25) is 0 Å². The van der Waals surface area contributed by atoms with Gasteiger partial charge in [0.2, 0.25) is 5.91 Å². The number of amides is 1. The van der Waals surface area contributed by atoms with Crippen molar-refractivity contribution in [3.8, 4) is 0 Å². The molecule has 1 heterocycles. The predicted molar refractivity (Wildman–Crippen MR) is 67.5 cm³/mol. The van der Waals surface area contributed by atoms with E-state index in [9.17, 15) is 4.79 Å². The Bertz CT molecular complexity index is 299. The number of fused-ring (bicyclic) bond motifs is 1. The molecule has 1 aliphatic heterocycles. The monoisotopic (exact) mass is 236 g/mol. The van der Waals surface area contributed by atoms with Gasteiger partial charge in [0.1, 0.15) is 0 Å². The van der Waals surface area contributed by atoms with E-state index in [0.29, 0.717) is 17.2 Å². The summed E-state index contributed by atoms with van der Waals surface area (Å²) in [5.41, 5.74) is 0.322. The minimum atomic E-state index is 0.322. The van der Waals surface area contributed by atoms with Gasteiger partial charge in [0.05, 0.1) is 0 Å². The van der Waals surface area contributed by atoms with E-state index in [0.717, 1.165) is 44.3 Å². The van der Waals surface area contributed by atoms with E-state index in [1.54, 1.807) is 0 Å². The molecule has 3 heteroatoms. The van der Waals surface area contributed by atoms with Crippen LogP contribution in [0.5, 0.6) is 0 Å². The highest BCUT2D eigenvalue weighted by Gasteiger charge is 2.48. The van der Waals surface area contributed by atoms with E-state index >= 15 is 0 Å². The van der Waals surface area contributed by atoms with Crippen LogP contribution in [0, 0.1) is 23.2 Å². The van der Waals surface area contributed by atoms with Gasteiger partial charge in [-0.25, -0.2) is 0 Å². The largest absolute Gasteiger partial charge is 0.355 e. The van der Waals surface area contributed by atoms with Gasteiger partial charge in [-0.3, -0.25) is 4.79 Å². The summed E-state index contributed by atoms with van der Waals surface area (Å²) >= 11 is 0. The number of hydrogen-bond donors (Lipinski definition) is 2. The summed E-state index contributed by atoms with van der Waals surface area (Å²) in [5.74, 6) is 2.47. The van der Waals surface area contributed by atoms with Gasteiger partial charge in [0.15, 0.2) is 0 Å². The van der Waals surface area contributed by atoms with Crippen LogP contribution in [-0.2, 0) is 4.79 Å². The molecular formula is C14H24N2O. The molecule has 3 aliphatic rings. The first-order valence-corrected chi connectivity index (χ1v) is 7.15. The summed E-state index contributed by atoms with van der Waals surface area (Å²) in [6.07, 6.45) is 6.09. The Balaban J connectivity index is 1.45. The topological polar surface area (TPSA) is 41.1 Å². The van der Waals surface area contributed by atoms with Gasteiger partial charge in [-0.05, 0) is 62.4 Å². The second-order valence-corrected chi connectivity index (χ2v) is 6.70. The van der Waals surface area contributed by atoms with Crippen LogP contribution in [0.15, 0.2) is 0 Å². The zero-order valence-electron chi connectivity index (χ0n) is 10.8. The summed E-state index contributed by atoms with van der Waals surface area (Å²) < 4.78 is 0. The van der Waals surface area contributed by atoms with Crippen molar-refractivity contribution >= 4 is 5.91 Å². The summed E-state index contributed by atoms with van der Waals surface area (Å²) in [4.78, 5) is 12.1. The maximum Gasteiger partial charge on any atom is 0.223 e. The SMILES string of the molecule is CC1(CNC(=O)C2CC3CC3C2)CCNCC1. The quantitative estimate of drug-likeness (QED) is 0.780. The summed E-state index contributed by atoms with van der Waals surface area (Å²) in [7, 11) is 0. The van der Waals surface area contributed by atoms with Crippen molar-refractivity contribution in [2.45, 2.75) is 39.0 Å². The number of carbonyl (C=O) groups is 1. The Morgan fingerprint density at radius 1 is 1.24 bits per heavy atom. The van der Waals surface area contributed by atoms with Crippen LogP contribution in [0.3, 0.4) is 0 Å². The minimum absolute atomic E-state index is 0.322. The Morgan fingerprint density at radius 2 is 1.88 bits per heavy atom. The molecule has 0 spiro atoms. The molecule has 2 saturated carbocycles. The average molecular weight is 236 g/mol. The fourth-order valence-electron chi connectivity index (χ4n) is 3.58. The second kappa shape index (κ2) is 4.27. The molecule has 3 rings (SSSR count). The second-order valence-electron chi connectivity index (χ2n) is 6.70. The number of piperidine rings is 1. The summed E-state index contributed by atoms with van der Waals surface area (Å²) in [6, 6.07) is 0. The van der Waals surface area contributed by atoms with Crippen LogP contribution < -0.4 is 10.6 Å². The molecule has 3 nitrogen and oxygen atoms in total. The van der Waals surface area contributed by atoms with Crippen molar-refractivity contribution in [2.24, 2.45) is 23.2 Å². The third-order valence-electron chi connectivity index (χ3n) is 5.11. The van der Waals surface area contributed by atoms with Crippen molar-refractivity contribution in [3.63, 3.8) is 0 Å². The van der Waals surface area contributed by atoms with Gasteiger partial charge in [-0.1, -0.05) is 6.92 Å². The van der Waals surface area contributed by atoms with E-state index in [-0.39, 0.29) is 0 Å². The molecule has 2 aliphatic carbocycles. The zero-order chi connectivity index (χ0) is 11.9. The lowest BCUT2D eigenvalue weighted by atomic mass is 9.81. The predicted octanol–water partition coefficient (Wildman–Crippen LogP) is 1.54. The van der Waals surface area contributed by atoms with E-state index in [4.69, 9.17) is 0 Å². The highest BCUT2D eigenvalue weighted by Crippen LogP contribution is 2.54. The van der Waals surface area contributed by atoms with Crippen LogP contribution >= 0.6 is 0 Å². The highest BCUT2D eigenvalue weighted by molar-refractivity contribution is 5.79. The maximum atomic E-state index is 12.1. The van der Waals surface area contributed by atoms with Gasteiger partial charge in [-0.2, -0.15) is 0 Å². The molecule has 2 unspecified atom stereocenters. The first-order chi connectivity index (χ1) is 8.16. The van der Waals surface area contributed by atoms with Crippen LogP contribution in [0.4, 0.5) is 0 Å².